The monoisotopic (exact) mass is 366 g/mol. The standard InChI is InChI=1S/C21H22N2O2S/c1-4-12-23-20(24)19(14-16-6-5-7-18(13-16)25-3)26-21(23)22-17-10-8-15(2)9-11-17/h5-11,13-14H,4,12H2,1-3H3/b19-14+,22-21?. The Morgan fingerprint density at radius 1 is 1.19 bits per heavy atom. The van der Waals surface area contributed by atoms with Crippen LogP contribution in [0.3, 0.4) is 0 Å². The molecule has 26 heavy (non-hydrogen) atoms. The predicted molar refractivity (Wildman–Crippen MR) is 109 cm³/mol. The van der Waals surface area contributed by atoms with E-state index in [-0.39, 0.29) is 5.91 Å². The first-order valence-electron chi connectivity index (χ1n) is 8.61. The molecule has 3 rings (SSSR count). The number of methoxy groups -OCH3 is 1. The first kappa shape index (κ1) is 18.3. The highest BCUT2D eigenvalue weighted by Gasteiger charge is 2.32. The van der Waals surface area contributed by atoms with Gasteiger partial charge in [0.1, 0.15) is 5.75 Å². The molecule has 1 heterocycles. The first-order valence-corrected chi connectivity index (χ1v) is 9.43. The third kappa shape index (κ3) is 4.17. The number of aliphatic imine (C=N–C) groups is 1. The van der Waals surface area contributed by atoms with Gasteiger partial charge in [-0.05, 0) is 61.0 Å². The van der Waals surface area contributed by atoms with Crippen LogP contribution in [0.4, 0.5) is 5.69 Å². The molecule has 0 radical (unpaired) electrons. The van der Waals surface area contributed by atoms with Crippen molar-refractivity contribution in [2.75, 3.05) is 13.7 Å². The van der Waals surface area contributed by atoms with Crippen molar-refractivity contribution >= 4 is 34.6 Å². The molecule has 0 saturated carbocycles. The second kappa shape index (κ2) is 8.23. The van der Waals surface area contributed by atoms with Gasteiger partial charge < -0.3 is 4.74 Å². The maximum absolute atomic E-state index is 12.8. The fourth-order valence-electron chi connectivity index (χ4n) is 2.62. The number of hydrogen-bond acceptors (Lipinski definition) is 4. The Labute approximate surface area is 158 Å². The molecule has 2 aromatic rings. The van der Waals surface area contributed by atoms with Crippen molar-refractivity contribution < 1.29 is 9.53 Å². The van der Waals surface area contributed by atoms with Crippen LogP contribution < -0.4 is 4.74 Å². The smallest absolute Gasteiger partial charge is 0.266 e. The second-order valence-corrected chi connectivity index (χ2v) is 7.08. The highest BCUT2D eigenvalue weighted by molar-refractivity contribution is 8.18. The Morgan fingerprint density at radius 3 is 2.65 bits per heavy atom. The van der Waals surface area contributed by atoms with Gasteiger partial charge in [0.2, 0.25) is 0 Å². The lowest BCUT2D eigenvalue weighted by Gasteiger charge is -2.13. The Balaban J connectivity index is 1.92. The summed E-state index contributed by atoms with van der Waals surface area (Å²) in [5, 5.41) is 0.731. The number of aryl methyl sites for hydroxylation is 1. The molecule has 0 aliphatic carbocycles. The van der Waals surface area contributed by atoms with Crippen LogP contribution in [0.15, 0.2) is 58.4 Å². The third-order valence-corrected chi connectivity index (χ3v) is 4.99. The molecule has 0 spiro atoms. The lowest BCUT2D eigenvalue weighted by Crippen LogP contribution is -2.29. The van der Waals surface area contributed by atoms with Crippen LogP contribution in [0.1, 0.15) is 24.5 Å². The van der Waals surface area contributed by atoms with E-state index < -0.39 is 0 Å². The fourth-order valence-corrected chi connectivity index (χ4v) is 3.65. The van der Waals surface area contributed by atoms with Crippen molar-refractivity contribution in [1.82, 2.24) is 4.90 Å². The van der Waals surface area contributed by atoms with Gasteiger partial charge in [-0.1, -0.05) is 36.8 Å². The van der Waals surface area contributed by atoms with Crippen LogP contribution in [0.5, 0.6) is 5.75 Å². The normalized spacial score (nSPS) is 17.3. The van der Waals surface area contributed by atoms with E-state index in [4.69, 9.17) is 9.73 Å². The van der Waals surface area contributed by atoms with Crippen molar-refractivity contribution in [3.8, 4) is 5.75 Å². The summed E-state index contributed by atoms with van der Waals surface area (Å²) in [6.07, 6.45) is 2.78. The summed E-state index contributed by atoms with van der Waals surface area (Å²) in [6.45, 7) is 4.76. The number of carbonyl (C=O) groups excluding carboxylic acids is 1. The van der Waals surface area contributed by atoms with Gasteiger partial charge in [-0.15, -0.1) is 0 Å². The molecule has 1 aliphatic rings. The van der Waals surface area contributed by atoms with Crippen LogP contribution in [-0.2, 0) is 4.79 Å². The average Bonchev–Trinajstić information content (AvgIpc) is 2.93. The molecular formula is C21H22N2O2S. The van der Waals surface area contributed by atoms with Crippen LogP contribution in [-0.4, -0.2) is 29.6 Å². The maximum atomic E-state index is 12.8. The predicted octanol–water partition coefficient (Wildman–Crippen LogP) is 5.02. The molecular weight excluding hydrogens is 344 g/mol. The quantitative estimate of drug-likeness (QED) is 0.698. The molecule has 5 heteroatoms. The van der Waals surface area contributed by atoms with E-state index in [9.17, 15) is 4.79 Å². The number of rotatable bonds is 5. The summed E-state index contributed by atoms with van der Waals surface area (Å²) in [5.41, 5.74) is 2.98. The van der Waals surface area contributed by atoms with Crippen molar-refractivity contribution in [3.05, 3.63) is 64.6 Å². The molecule has 2 aromatic carbocycles. The molecule has 0 unspecified atom stereocenters. The van der Waals surface area contributed by atoms with Gasteiger partial charge in [0.25, 0.3) is 5.91 Å². The molecule has 0 atom stereocenters. The number of nitrogens with zero attached hydrogens (tertiary/aromatic N) is 2. The molecule has 1 fully saturated rings. The molecule has 0 bridgehead atoms. The highest BCUT2D eigenvalue weighted by Crippen LogP contribution is 2.34. The van der Waals surface area contributed by atoms with E-state index in [1.165, 1.54) is 17.3 Å². The van der Waals surface area contributed by atoms with E-state index in [2.05, 4.69) is 6.92 Å². The maximum Gasteiger partial charge on any atom is 0.266 e. The number of carbonyl (C=O) groups is 1. The summed E-state index contributed by atoms with van der Waals surface area (Å²) in [7, 11) is 1.64. The van der Waals surface area contributed by atoms with Crippen molar-refractivity contribution in [1.29, 1.82) is 0 Å². The number of thioether (sulfide) groups is 1. The van der Waals surface area contributed by atoms with Gasteiger partial charge >= 0.3 is 0 Å². The Kier molecular flexibility index (Phi) is 5.78. The van der Waals surface area contributed by atoms with E-state index >= 15 is 0 Å². The third-order valence-electron chi connectivity index (χ3n) is 3.99. The van der Waals surface area contributed by atoms with E-state index in [1.54, 1.807) is 12.0 Å². The van der Waals surface area contributed by atoms with Gasteiger partial charge in [-0.3, -0.25) is 9.69 Å². The van der Waals surface area contributed by atoms with Crippen molar-refractivity contribution in [3.63, 3.8) is 0 Å². The molecule has 1 amide bonds. The molecule has 4 nitrogen and oxygen atoms in total. The zero-order valence-corrected chi connectivity index (χ0v) is 16.0. The lowest BCUT2D eigenvalue weighted by atomic mass is 10.2. The fraction of sp³-hybridized carbons (Fsp3) is 0.238. The van der Waals surface area contributed by atoms with E-state index in [0.717, 1.165) is 28.6 Å². The SMILES string of the molecule is CCCN1C(=O)/C(=C\c2cccc(OC)c2)SC1=Nc1ccc(C)cc1. The molecule has 0 N–H and O–H groups in total. The van der Waals surface area contributed by atoms with E-state index in [1.807, 2.05) is 61.5 Å². The van der Waals surface area contributed by atoms with Crippen LogP contribution in [0.25, 0.3) is 6.08 Å². The summed E-state index contributed by atoms with van der Waals surface area (Å²) in [4.78, 5) is 20.0. The molecule has 134 valence electrons. The molecule has 1 saturated heterocycles. The summed E-state index contributed by atoms with van der Waals surface area (Å²) in [6, 6.07) is 15.7. The zero-order valence-electron chi connectivity index (χ0n) is 15.2. The van der Waals surface area contributed by atoms with Gasteiger partial charge in [0.05, 0.1) is 17.7 Å². The number of amides is 1. The first-order chi connectivity index (χ1) is 12.6. The number of ether oxygens (including phenoxy) is 1. The Bertz CT molecular complexity index is 857. The van der Waals surface area contributed by atoms with Gasteiger partial charge in [0, 0.05) is 6.54 Å². The van der Waals surface area contributed by atoms with E-state index in [0.29, 0.717) is 11.4 Å². The van der Waals surface area contributed by atoms with Crippen LogP contribution >= 0.6 is 11.8 Å². The largest absolute Gasteiger partial charge is 0.497 e. The lowest BCUT2D eigenvalue weighted by molar-refractivity contribution is -0.122. The Hall–Kier alpha value is -2.53. The number of benzene rings is 2. The summed E-state index contributed by atoms with van der Waals surface area (Å²) < 4.78 is 5.26. The van der Waals surface area contributed by atoms with Gasteiger partial charge in [0.15, 0.2) is 5.17 Å². The zero-order chi connectivity index (χ0) is 18.5. The van der Waals surface area contributed by atoms with Gasteiger partial charge in [-0.25, -0.2) is 4.99 Å². The van der Waals surface area contributed by atoms with Crippen LogP contribution in [0.2, 0.25) is 0 Å². The minimum Gasteiger partial charge on any atom is -0.497 e. The van der Waals surface area contributed by atoms with Gasteiger partial charge in [-0.2, -0.15) is 0 Å². The minimum absolute atomic E-state index is 0.00512. The average molecular weight is 366 g/mol. The topological polar surface area (TPSA) is 41.9 Å². The summed E-state index contributed by atoms with van der Waals surface area (Å²) in [5.74, 6) is 0.777. The number of hydrogen-bond donors (Lipinski definition) is 0. The minimum atomic E-state index is 0.00512. The van der Waals surface area contributed by atoms with Crippen molar-refractivity contribution in [2.24, 2.45) is 4.99 Å². The Morgan fingerprint density at radius 2 is 1.96 bits per heavy atom. The van der Waals surface area contributed by atoms with Crippen LogP contribution in [0, 0.1) is 6.92 Å². The molecule has 0 aromatic heterocycles. The highest BCUT2D eigenvalue weighted by atomic mass is 32.2. The summed E-state index contributed by atoms with van der Waals surface area (Å²) >= 11 is 1.42. The molecule has 1 aliphatic heterocycles. The number of amidine groups is 1. The second-order valence-electron chi connectivity index (χ2n) is 6.07. The van der Waals surface area contributed by atoms with Crippen molar-refractivity contribution in [2.45, 2.75) is 20.3 Å².